The number of aryl methyl sites for hydroxylation is 1. The van der Waals surface area contributed by atoms with Crippen molar-refractivity contribution in [3.63, 3.8) is 0 Å². The molecule has 2 heterocycles. The van der Waals surface area contributed by atoms with Crippen molar-refractivity contribution in [3.05, 3.63) is 34.8 Å². The number of aromatic nitrogens is 2. The van der Waals surface area contributed by atoms with Crippen LogP contribution in [0.3, 0.4) is 0 Å². The molecule has 0 saturated carbocycles. The van der Waals surface area contributed by atoms with Gasteiger partial charge >= 0.3 is 0 Å². The van der Waals surface area contributed by atoms with Crippen LogP contribution in [0.5, 0.6) is 0 Å². The van der Waals surface area contributed by atoms with E-state index < -0.39 is 0 Å². The Labute approximate surface area is 169 Å². The van der Waals surface area contributed by atoms with E-state index in [1.54, 1.807) is 4.90 Å². The van der Waals surface area contributed by atoms with Crippen LogP contribution in [-0.2, 0) is 21.4 Å². The van der Waals surface area contributed by atoms with Gasteiger partial charge in [-0.25, -0.2) is 0 Å². The first-order valence-corrected chi connectivity index (χ1v) is 9.63. The fourth-order valence-electron chi connectivity index (χ4n) is 2.83. The molecule has 1 saturated heterocycles. The smallest absolute Gasteiger partial charge is 0.231 e. The minimum atomic E-state index is -0.379. The quantitative estimate of drug-likeness (QED) is 0.834. The van der Waals surface area contributed by atoms with Crippen molar-refractivity contribution in [1.29, 1.82) is 0 Å². The first-order valence-electron chi connectivity index (χ1n) is 8.82. The molecule has 1 aromatic heterocycles. The van der Waals surface area contributed by atoms with Crippen molar-refractivity contribution in [1.82, 2.24) is 10.2 Å². The van der Waals surface area contributed by atoms with Crippen LogP contribution in [0.15, 0.2) is 24.3 Å². The molecule has 1 aliphatic rings. The lowest BCUT2D eigenvalue weighted by Crippen LogP contribution is -2.28. The third-order valence-corrected chi connectivity index (χ3v) is 5.71. The van der Waals surface area contributed by atoms with Gasteiger partial charge in [-0.05, 0) is 24.1 Å². The van der Waals surface area contributed by atoms with Gasteiger partial charge in [0.05, 0.1) is 5.92 Å². The SMILES string of the molecule is CCc1ccc(N2CC(C(=O)Nc3nnc(C(C)(C)C)s3)CC2=O)cc1.Cl. The summed E-state index contributed by atoms with van der Waals surface area (Å²) in [6, 6.07) is 7.92. The van der Waals surface area contributed by atoms with Gasteiger partial charge < -0.3 is 10.2 Å². The highest BCUT2D eigenvalue weighted by Gasteiger charge is 2.35. The van der Waals surface area contributed by atoms with Crippen molar-refractivity contribution < 1.29 is 9.59 Å². The third kappa shape index (κ3) is 4.84. The topological polar surface area (TPSA) is 75.2 Å². The van der Waals surface area contributed by atoms with Crippen molar-refractivity contribution in [2.75, 3.05) is 16.8 Å². The number of benzene rings is 1. The average molecular weight is 409 g/mol. The Morgan fingerprint density at radius 3 is 2.48 bits per heavy atom. The number of carbonyl (C=O) groups excluding carboxylic acids is 2. The zero-order valence-electron chi connectivity index (χ0n) is 16.0. The maximum atomic E-state index is 12.5. The largest absolute Gasteiger partial charge is 0.312 e. The molecule has 1 unspecified atom stereocenters. The van der Waals surface area contributed by atoms with Crippen LogP contribution in [0.2, 0.25) is 0 Å². The molecule has 1 fully saturated rings. The Morgan fingerprint density at radius 2 is 1.93 bits per heavy atom. The molecular weight excluding hydrogens is 384 g/mol. The molecule has 8 heteroatoms. The lowest BCUT2D eigenvalue weighted by Gasteiger charge is -2.17. The molecule has 146 valence electrons. The van der Waals surface area contributed by atoms with Crippen LogP contribution in [0.4, 0.5) is 10.8 Å². The summed E-state index contributed by atoms with van der Waals surface area (Å²) in [5, 5.41) is 12.4. The van der Waals surface area contributed by atoms with E-state index in [2.05, 4.69) is 43.2 Å². The molecule has 1 atom stereocenters. The maximum Gasteiger partial charge on any atom is 0.231 e. The van der Waals surface area contributed by atoms with Crippen LogP contribution in [0, 0.1) is 5.92 Å². The molecule has 1 N–H and O–H groups in total. The van der Waals surface area contributed by atoms with Gasteiger partial charge in [-0.2, -0.15) is 0 Å². The molecule has 0 bridgehead atoms. The normalized spacial score (nSPS) is 17.0. The number of nitrogens with one attached hydrogen (secondary N) is 1. The second kappa shape index (κ2) is 8.35. The minimum absolute atomic E-state index is 0. The maximum absolute atomic E-state index is 12.5. The number of nitrogens with zero attached hydrogens (tertiary/aromatic N) is 3. The molecule has 2 amide bonds. The lowest BCUT2D eigenvalue weighted by atomic mass is 9.98. The van der Waals surface area contributed by atoms with E-state index in [-0.39, 0.29) is 42.0 Å². The highest BCUT2D eigenvalue weighted by Crippen LogP contribution is 2.29. The third-order valence-electron chi connectivity index (χ3n) is 4.45. The number of hydrogen-bond acceptors (Lipinski definition) is 5. The first kappa shape index (κ1) is 21.3. The Morgan fingerprint density at radius 1 is 1.26 bits per heavy atom. The van der Waals surface area contributed by atoms with Gasteiger partial charge in [0.25, 0.3) is 0 Å². The van der Waals surface area contributed by atoms with E-state index in [0.29, 0.717) is 11.7 Å². The van der Waals surface area contributed by atoms with E-state index in [9.17, 15) is 9.59 Å². The summed E-state index contributed by atoms with van der Waals surface area (Å²) in [6.07, 6.45) is 1.17. The van der Waals surface area contributed by atoms with Crippen LogP contribution < -0.4 is 10.2 Å². The van der Waals surface area contributed by atoms with Gasteiger partial charge in [-0.1, -0.05) is 51.2 Å². The van der Waals surface area contributed by atoms with Crippen LogP contribution in [0.1, 0.15) is 44.7 Å². The molecule has 0 radical (unpaired) electrons. The summed E-state index contributed by atoms with van der Waals surface area (Å²) in [5.74, 6) is -0.583. The van der Waals surface area contributed by atoms with E-state index >= 15 is 0 Å². The predicted octanol–water partition coefficient (Wildman–Crippen LogP) is 3.81. The van der Waals surface area contributed by atoms with Gasteiger partial charge in [-0.15, -0.1) is 22.6 Å². The number of halogens is 1. The van der Waals surface area contributed by atoms with Gasteiger partial charge in [0.1, 0.15) is 5.01 Å². The highest BCUT2D eigenvalue weighted by molar-refractivity contribution is 7.15. The minimum Gasteiger partial charge on any atom is -0.312 e. The first-order chi connectivity index (χ1) is 12.3. The molecule has 2 aromatic rings. The Kier molecular flexibility index (Phi) is 6.59. The predicted molar refractivity (Wildman–Crippen MR) is 111 cm³/mol. The number of amides is 2. The van der Waals surface area contributed by atoms with Crippen LogP contribution >= 0.6 is 23.7 Å². The van der Waals surface area contributed by atoms with Crippen LogP contribution in [-0.4, -0.2) is 28.6 Å². The summed E-state index contributed by atoms with van der Waals surface area (Å²) < 4.78 is 0. The fourth-order valence-corrected chi connectivity index (χ4v) is 3.63. The van der Waals surface area contributed by atoms with E-state index in [1.165, 1.54) is 16.9 Å². The lowest BCUT2D eigenvalue weighted by molar-refractivity contribution is -0.122. The van der Waals surface area contributed by atoms with Crippen molar-refractivity contribution in [2.24, 2.45) is 5.92 Å². The molecule has 6 nitrogen and oxygen atoms in total. The molecule has 27 heavy (non-hydrogen) atoms. The molecule has 0 spiro atoms. The Bertz CT molecular complexity index is 814. The number of hydrogen-bond donors (Lipinski definition) is 1. The van der Waals surface area contributed by atoms with Gasteiger partial charge in [0.2, 0.25) is 16.9 Å². The molecule has 0 aliphatic carbocycles. The summed E-state index contributed by atoms with van der Waals surface area (Å²) >= 11 is 1.38. The molecule has 1 aliphatic heterocycles. The van der Waals surface area contributed by atoms with Crippen molar-refractivity contribution in [3.8, 4) is 0 Å². The van der Waals surface area contributed by atoms with Crippen molar-refractivity contribution >= 4 is 46.4 Å². The van der Waals surface area contributed by atoms with E-state index in [1.807, 2.05) is 24.3 Å². The summed E-state index contributed by atoms with van der Waals surface area (Å²) in [6.45, 7) is 8.64. The highest BCUT2D eigenvalue weighted by atomic mass is 35.5. The summed E-state index contributed by atoms with van der Waals surface area (Å²) in [5.41, 5.74) is 1.96. The standard InChI is InChI=1S/C19H24N4O2S.ClH/c1-5-12-6-8-14(9-7-12)23-11-13(10-15(23)24)16(25)20-18-22-21-17(26-18)19(2,3)4;/h6-9,13H,5,10-11H2,1-4H3,(H,20,22,25);1H. The average Bonchev–Trinajstić information content (AvgIpc) is 3.21. The van der Waals surface area contributed by atoms with E-state index in [0.717, 1.165) is 17.1 Å². The van der Waals surface area contributed by atoms with E-state index in [4.69, 9.17) is 0 Å². The Balaban J connectivity index is 0.00000261. The van der Waals surface area contributed by atoms with Crippen LogP contribution in [0.25, 0.3) is 0 Å². The summed E-state index contributed by atoms with van der Waals surface area (Å²) in [7, 11) is 0. The molecular formula is C19H25ClN4O2S. The molecule has 3 rings (SSSR count). The second-order valence-corrected chi connectivity index (χ2v) is 8.55. The zero-order chi connectivity index (χ0) is 18.9. The number of carbonyl (C=O) groups is 2. The fraction of sp³-hybridized carbons (Fsp3) is 0.474. The van der Waals surface area contributed by atoms with Gasteiger partial charge in [0, 0.05) is 24.1 Å². The van der Waals surface area contributed by atoms with Gasteiger partial charge in [-0.3, -0.25) is 9.59 Å². The number of anilines is 2. The zero-order valence-corrected chi connectivity index (χ0v) is 17.6. The number of rotatable bonds is 4. The summed E-state index contributed by atoms with van der Waals surface area (Å²) in [4.78, 5) is 26.6. The van der Waals surface area contributed by atoms with Gasteiger partial charge in [0.15, 0.2) is 0 Å². The second-order valence-electron chi connectivity index (χ2n) is 7.58. The molecule has 1 aromatic carbocycles. The monoisotopic (exact) mass is 408 g/mol. The van der Waals surface area contributed by atoms with Crippen molar-refractivity contribution in [2.45, 2.75) is 46.0 Å². The Hall–Kier alpha value is -1.99.